The van der Waals surface area contributed by atoms with Gasteiger partial charge in [-0.2, -0.15) is 0 Å². The predicted molar refractivity (Wildman–Crippen MR) is 74.1 cm³/mol. The van der Waals surface area contributed by atoms with Crippen molar-refractivity contribution in [2.24, 2.45) is 22.7 Å². The molecule has 1 N–H and O–H groups in total. The third-order valence-corrected chi connectivity index (χ3v) is 8.62. The van der Waals surface area contributed by atoms with Gasteiger partial charge in [0.25, 0.3) is 0 Å². The lowest BCUT2D eigenvalue weighted by atomic mass is 9.59. The van der Waals surface area contributed by atoms with Gasteiger partial charge < -0.3 is 9.84 Å². The number of Topliss-reactive ketones (excluding diaryl/α,β-unsaturated/α-hetero) is 1. The maximum atomic E-state index is 12.8. The fourth-order valence-corrected chi connectivity index (χ4v) is 6.33. The topological polar surface area (TPSA) is 46.5 Å². The van der Waals surface area contributed by atoms with Crippen LogP contribution < -0.4 is 0 Å². The Morgan fingerprint density at radius 1 is 1.26 bits per heavy atom. The molecule has 4 rings (SSSR count). The van der Waals surface area contributed by atoms with Crippen molar-refractivity contribution in [3.8, 4) is 0 Å². The molecule has 0 aromatic rings. The highest BCUT2D eigenvalue weighted by Crippen LogP contribution is 2.78. The zero-order chi connectivity index (χ0) is 14.0. The molecular weight excluding hydrogens is 308 g/mol. The van der Waals surface area contributed by atoms with Crippen LogP contribution in [0.5, 0.6) is 0 Å². The maximum Gasteiger partial charge on any atom is 0.145 e. The monoisotopic (exact) mass is 328 g/mol. The summed E-state index contributed by atoms with van der Waals surface area (Å²) in [6.07, 6.45) is 1.76. The van der Waals surface area contributed by atoms with Gasteiger partial charge in [-0.1, -0.05) is 29.8 Å². The molecule has 2 bridgehead atoms. The lowest BCUT2D eigenvalue weighted by Gasteiger charge is -2.44. The van der Waals surface area contributed by atoms with Gasteiger partial charge in [0.2, 0.25) is 0 Å². The van der Waals surface area contributed by atoms with E-state index in [-0.39, 0.29) is 33.6 Å². The molecule has 2 aliphatic heterocycles. The Morgan fingerprint density at radius 2 is 1.84 bits per heavy atom. The van der Waals surface area contributed by atoms with Gasteiger partial charge >= 0.3 is 0 Å². The Hall–Kier alpha value is 0.0700. The van der Waals surface area contributed by atoms with Gasteiger partial charge in [0.1, 0.15) is 5.78 Å². The number of alkyl halides is 1. The van der Waals surface area contributed by atoms with Gasteiger partial charge in [0.05, 0.1) is 23.2 Å². The summed E-state index contributed by atoms with van der Waals surface area (Å²) in [5.74, 6) is 0.361. The van der Waals surface area contributed by atoms with Gasteiger partial charge in [0, 0.05) is 21.6 Å². The summed E-state index contributed by atoms with van der Waals surface area (Å²) in [6, 6.07) is 0. The first kappa shape index (κ1) is 12.8. The number of ketones is 1. The van der Waals surface area contributed by atoms with E-state index in [0.717, 1.165) is 12.8 Å². The number of carbonyl (C=O) groups excluding carboxylic acids is 1. The fraction of sp³-hybridized carbons (Fsp3) is 0.933. The molecule has 4 heteroatoms. The van der Waals surface area contributed by atoms with Crippen molar-refractivity contribution in [1.29, 1.82) is 0 Å². The molecule has 2 unspecified atom stereocenters. The lowest BCUT2D eigenvalue weighted by Crippen LogP contribution is -2.58. The zero-order valence-corrected chi connectivity index (χ0v) is 13.5. The molecule has 0 radical (unpaired) electrons. The van der Waals surface area contributed by atoms with Crippen LogP contribution in [0.4, 0.5) is 0 Å². The first-order chi connectivity index (χ1) is 8.61. The number of halogens is 1. The standard InChI is InChI=1S/C15H21BrO3/c1-12(2)9(16)7-8(10(12)17)14(4)15(5-6-15)13(3,18)11(7)19-14/h7-9,11,18H,5-6H2,1-4H3/t7?,8?,9-,11-,13+,14+/m1/s1. The minimum atomic E-state index is -0.796. The van der Waals surface area contributed by atoms with E-state index in [1.807, 2.05) is 20.8 Å². The van der Waals surface area contributed by atoms with Crippen LogP contribution >= 0.6 is 15.9 Å². The second kappa shape index (κ2) is 2.97. The molecule has 3 nitrogen and oxygen atoms in total. The van der Waals surface area contributed by atoms with Crippen molar-refractivity contribution in [3.05, 3.63) is 0 Å². The van der Waals surface area contributed by atoms with Gasteiger partial charge in [-0.25, -0.2) is 0 Å². The Morgan fingerprint density at radius 3 is 2.37 bits per heavy atom. The molecule has 0 aromatic carbocycles. The number of ether oxygens (including phenoxy) is 1. The van der Waals surface area contributed by atoms with Gasteiger partial charge in [-0.05, 0) is 26.7 Å². The van der Waals surface area contributed by atoms with E-state index in [4.69, 9.17) is 4.74 Å². The third kappa shape index (κ3) is 1.01. The van der Waals surface area contributed by atoms with E-state index in [1.54, 1.807) is 0 Å². The number of carbonyl (C=O) groups is 1. The van der Waals surface area contributed by atoms with Crippen molar-refractivity contribution in [2.75, 3.05) is 0 Å². The van der Waals surface area contributed by atoms with Crippen LogP contribution in [-0.4, -0.2) is 33.0 Å². The Labute approximate surface area is 122 Å². The van der Waals surface area contributed by atoms with E-state index in [0.29, 0.717) is 5.78 Å². The molecule has 0 aromatic heterocycles. The highest BCUT2D eigenvalue weighted by molar-refractivity contribution is 9.09. The van der Waals surface area contributed by atoms with E-state index in [9.17, 15) is 9.90 Å². The second-order valence-corrected chi connectivity index (χ2v) is 8.90. The third-order valence-electron chi connectivity index (χ3n) is 6.87. The smallest absolute Gasteiger partial charge is 0.145 e. The summed E-state index contributed by atoms with van der Waals surface area (Å²) < 4.78 is 6.25. The maximum absolute atomic E-state index is 12.8. The minimum absolute atomic E-state index is 0.0559. The van der Waals surface area contributed by atoms with Crippen LogP contribution in [-0.2, 0) is 9.53 Å². The van der Waals surface area contributed by atoms with E-state index in [2.05, 4.69) is 22.9 Å². The summed E-state index contributed by atoms with van der Waals surface area (Å²) >= 11 is 3.73. The number of hydrogen-bond acceptors (Lipinski definition) is 3. The van der Waals surface area contributed by atoms with Crippen LogP contribution in [0.25, 0.3) is 0 Å². The molecule has 2 aliphatic carbocycles. The Balaban J connectivity index is 1.90. The molecule has 2 saturated heterocycles. The highest BCUT2D eigenvalue weighted by Gasteiger charge is 2.86. The molecule has 0 amide bonds. The van der Waals surface area contributed by atoms with Crippen molar-refractivity contribution in [2.45, 2.75) is 62.7 Å². The average Bonchev–Trinajstić information content (AvgIpc) is 3.00. The number of aliphatic hydroxyl groups is 1. The molecule has 106 valence electrons. The summed E-state index contributed by atoms with van der Waals surface area (Å²) in [5, 5.41) is 11.0. The van der Waals surface area contributed by atoms with Gasteiger partial charge in [-0.3, -0.25) is 4.79 Å². The SMILES string of the molecule is CC1(C)C(=O)C2C([C@H]1Br)[C@H]1O[C@]2(C)C2(CC2)[C@@]1(C)O. The molecule has 4 fully saturated rings. The summed E-state index contributed by atoms with van der Waals surface area (Å²) in [6.45, 7) is 8.02. The lowest BCUT2D eigenvalue weighted by molar-refractivity contribution is -0.136. The molecule has 6 atom stereocenters. The summed E-state index contributed by atoms with van der Waals surface area (Å²) in [4.78, 5) is 12.9. The van der Waals surface area contributed by atoms with Crippen LogP contribution in [0.3, 0.4) is 0 Å². The molecule has 1 spiro atoms. The van der Waals surface area contributed by atoms with Crippen LogP contribution in [0, 0.1) is 22.7 Å². The number of hydrogen-bond donors (Lipinski definition) is 1. The van der Waals surface area contributed by atoms with Crippen LogP contribution in [0.2, 0.25) is 0 Å². The fourth-order valence-electron chi connectivity index (χ4n) is 5.53. The van der Waals surface area contributed by atoms with Crippen molar-refractivity contribution in [1.82, 2.24) is 0 Å². The van der Waals surface area contributed by atoms with Crippen LogP contribution in [0.15, 0.2) is 0 Å². The quantitative estimate of drug-likeness (QED) is 0.694. The second-order valence-electron chi connectivity index (χ2n) is 7.92. The molecular formula is C15H21BrO3. The predicted octanol–water partition coefficient (Wildman–Crippen LogP) is 2.29. The van der Waals surface area contributed by atoms with Gasteiger partial charge in [-0.15, -0.1) is 0 Å². The van der Waals surface area contributed by atoms with E-state index >= 15 is 0 Å². The van der Waals surface area contributed by atoms with Crippen LogP contribution in [0.1, 0.15) is 40.5 Å². The number of rotatable bonds is 0. The van der Waals surface area contributed by atoms with E-state index in [1.165, 1.54) is 0 Å². The minimum Gasteiger partial charge on any atom is -0.387 e. The van der Waals surface area contributed by atoms with E-state index < -0.39 is 11.2 Å². The Kier molecular flexibility index (Phi) is 2.00. The van der Waals surface area contributed by atoms with Gasteiger partial charge in [0.15, 0.2) is 0 Å². The van der Waals surface area contributed by atoms with Crippen molar-refractivity contribution < 1.29 is 14.6 Å². The average molecular weight is 329 g/mol. The normalized spacial score (nSPS) is 59.8. The summed E-state index contributed by atoms with van der Waals surface area (Å²) in [5.41, 5.74) is -1.82. The molecule has 4 aliphatic rings. The first-order valence-corrected chi connectivity index (χ1v) is 8.11. The first-order valence-electron chi connectivity index (χ1n) is 7.20. The summed E-state index contributed by atoms with van der Waals surface area (Å²) in [7, 11) is 0. The zero-order valence-electron chi connectivity index (χ0n) is 11.9. The molecule has 2 heterocycles. The Bertz CT molecular complexity index is 494. The van der Waals surface area contributed by atoms with Crippen molar-refractivity contribution >= 4 is 21.7 Å². The molecule has 2 saturated carbocycles. The largest absolute Gasteiger partial charge is 0.387 e. The van der Waals surface area contributed by atoms with Crippen molar-refractivity contribution in [3.63, 3.8) is 0 Å². The highest BCUT2D eigenvalue weighted by atomic mass is 79.9. The number of fused-ring (bicyclic) bond motifs is 6. The molecule has 19 heavy (non-hydrogen) atoms.